The first-order chi connectivity index (χ1) is 10.6. The van der Waals surface area contributed by atoms with Crippen LogP contribution in [0.2, 0.25) is 5.02 Å². The Labute approximate surface area is 135 Å². The van der Waals surface area contributed by atoms with E-state index in [9.17, 15) is 4.79 Å². The first-order valence-electron chi connectivity index (χ1n) is 7.15. The summed E-state index contributed by atoms with van der Waals surface area (Å²) >= 11 is 5.91. The van der Waals surface area contributed by atoms with E-state index in [1.165, 1.54) is 0 Å². The summed E-state index contributed by atoms with van der Waals surface area (Å²) in [6.07, 6.45) is 0. The van der Waals surface area contributed by atoms with Crippen LogP contribution in [0.5, 0.6) is 5.75 Å². The van der Waals surface area contributed by atoms with E-state index >= 15 is 0 Å². The molecule has 0 spiro atoms. The Bertz CT molecular complexity index is 646. The van der Waals surface area contributed by atoms with Gasteiger partial charge in [0, 0.05) is 10.7 Å². The van der Waals surface area contributed by atoms with Crippen molar-refractivity contribution in [2.24, 2.45) is 0 Å². The number of carbonyl (C=O) groups is 1. The van der Waals surface area contributed by atoms with Crippen molar-refractivity contribution in [1.82, 2.24) is 0 Å². The van der Waals surface area contributed by atoms with E-state index in [0.29, 0.717) is 17.3 Å². The fourth-order valence-corrected chi connectivity index (χ4v) is 2.17. The molecule has 0 heterocycles. The Hall–Kier alpha value is -2.20. The maximum Gasteiger partial charge on any atom is 0.246 e. The molecular formula is C17H19ClN2O2. The second-order valence-electron chi connectivity index (χ2n) is 4.79. The van der Waals surface area contributed by atoms with Gasteiger partial charge in [-0.3, -0.25) is 4.79 Å². The van der Waals surface area contributed by atoms with Gasteiger partial charge in [0.05, 0.1) is 12.3 Å². The molecule has 0 aliphatic rings. The van der Waals surface area contributed by atoms with Crippen LogP contribution in [-0.4, -0.2) is 18.6 Å². The van der Waals surface area contributed by atoms with Crippen LogP contribution in [0.4, 0.5) is 11.4 Å². The molecule has 0 fully saturated rings. The fraction of sp³-hybridized carbons (Fsp3) is 0.235. The Balaban J connectivity index is 2.02. The number of anilines is 2. The smallest absolute Gasteiger partial charge is 0.246 e. The average molecular weight is 319 g/mol. The van der Waals surface area contributed by atoms with Crippen LogP contribution >= 0.6 is 11.6 Å². The van der Waals surface area contributed by atoms with E-state index in [-0.39, 0.29) is 5.91 Å². The molecule has 1 atom stereocenters. The van der Waals surface area contributed by atoms with Gasteiger partial charge in [0.2, 0.25) is 5.91 Å². The lowest BCUT2D eigenvalue weighted by Gasteiger charge is -2.18. The third-order valence-electron chi connectivity index (χ3n) is 3.04. The zero-order valence-corrected chi connectivity index (χ0v) is 13.4. The van der Waals surface area contributed by atoms with Crippen LogP contribution in [0.3, 0.4) is 0 Å². The molecule has 22 heavy (non-hydrogen) atoms. The Morgan fingerprint density at radius 1 is 1.23 bits per heavy atom. The van der Waals surface area contributed by atoms with E-state index in [1.807, 2.05) is 31.2 Å². The maximum atomic E-state index is 12.2. The molecule has 116 valence electrons. The molecule has 2 rings (SSSR count). The van der Waals surface area contributed by atoms with Crippen molar-refractivity contribution in [2.45, 2.75) is 19.9 Å². The minimum absolute atomic E-state index is 0.145. The highest BCUT2D eigenvalue weighted by Gasteiger charge is 2.14. The highest BCUT2D eigenvalue weighted by Crippen LogP contribution is 2.24. The van der Waals surface area contributed by atoms with Crippen molar-refractivity contribution in [3.05, 3.63) is 53.6 Å². The number of amides is 1. The summed E-state index contributed by atoms with van der Waals surface area (Å²) in [7, 11) is 0. The number of nitrogens with one attached hydrogen (secondary N) is 2. The maximum absolute atomic E-state index is 12.2. The lowest BCUT2D eigenvalue weighted by Crippen LogP contribution is -2.32. The van der Waals surface area contributed by atoms with Crippen LogP contribution in [0.1, 0.15) is 13.8 Å². The normalized spacial score (nSPS) is 11.6. The minimum atomic E-state index is -0.416. The van der Waals surface area contributed by atoms with Crippen LogP contribution in [-0.2, 0) is 4.79 Å². The predicted molar refractivity (Wildman–Crippen MR) is 90.8 cm³/mol. The molecule has 0 aliphatic heterocycles. The van der Waals surface area contributed by atoms with Gasteiger partial charge in [-0.05, 0) is 44.2 Å². The molecule has 2 aromatic carbocycles. The molecule has 0 bridgehead atoms. The molecule has 2 N–H and O–H groups in total. The van der Waals surface area contributed by atoms with Crippen molar-refractivity contribution in [3.63, 3.8) is 0 Å². The van der Waals surface area contributed by atoms with E-state index in [1.54, 1.807) is 31.2 Å². The standard InChI is InChI=1S/C17H19ClN2O2/c1-3-22-16-10-5-4-9-15(16)19-12(2)17(21)20-14-8-6-7-13(18)11-14/h4-12,19H,3H2,1-2H3,(H,20,21)/t12-/m0/s1. The number of benzene rings is 2. The van der Waals surface area contributed by atoms with Gasteiger partial charge in [-0.25, -0.2) is 0 Å². The summed E-state index contributed by atoms with van der Waals surface area (Å²) in [5, 5.41) is 6.57. The molecule has 0 aromatic heterocycles. The molecular weight excluding hydrogens is 300 g/mol. The number of para-hydroxylation sites is 2. The third-order valence-corrected chi connectivity index (χ3v) is 3.28. The highest BCUT2D eigenvalue weighted by molar-refractivity contribution is 6.30. The monoisotopic (exact) mass is 318 g/mol. The number of ether oxygens (including phenoxy) is 1. The van der Waals surface area contributed by atoms with Crippen LogP contribution in [0.25, 0.3) is 0 Å². The number of rotatable bonds is 6. The molecule has 0 saturated heterocycles. The molecule has 0 saturated carbocycles. The van der Waals surface area contributed by atoms with Gasteiger partial charge in [-0.15, -0.1) is 0 Å². The van der Waals surface area contributed by atoms with Gasteiger partial charge in [-0.1, -0.05) is 29.8 Å². The third kappa shape index (κ3) is 4.40. The number of hydrogen-bond acceptors (Lipinski definition) is 3. The van der Waals surface area contributed by atoms with E-state index < -0.39 is 6.04 Å². The lowest BCUT2D eigenvalue weighted by atomic mass is 10.2. The van der Waals surface area contributed by atoms with Gasteiger partial charge < -0.3 is 15.4 Å². The SMILES string of the molecule is CCOc1ccccc1N[C@@H](C)C(=O)Nc1cccc(Cl)c1. The number of carbonyl (C=O) groups excluding carboxylic acids is 1. The first kappa shape index (κ1) is 16.2. The van der Waals surface area contributed by atoms with Gasteiger partial charge in [0.15, 0.2) is 0 Å². The molecule has 0 aliphatic carbocycles. The largest absolute Gasteiger partial charge is 0.492 e. The van der Waals surface area contributed by atoms with Gasteiger partial charge in [0.25, 0.3) is 0 Å². The van der Waals surface area contributed by atoms with Gasteiger partial charge >= 0.3 is 0 Å². The molecule has 0 radical (unpaired) electrons. The van der Waals surface area contributed by atoms with Gasteiger partial charge in [0.1, 0.15) is 11.8 Å². The van der Waals surface area contributed by atoms with E-state index in [2.05, 4.69) is 10.6 Å². The summed E-state index contributed by atoms with van der Waals surface area (Å²) in [6, 6.07) is 14.2. The highest BCUT2D eigenvalue weighted by atomic mass is 35.5. The summed E-state index contributed by atoms with van der Waals surface area (Å²) in [5.41, 5.74) is 1.46. The quantitative estimate of drug-likeness (QED) is 0.840. The van der Waals surface area contributed by atoms with Crippen molar-refractivity contribution in [1.29, 1.82) is 0 Å². The predicted octanol–water partition coefficient (Wildman–Crippen LogP) is 4.18. The lowest BCUT2D eigenvalue weighted by molar-refractivity contribution is -0.116. The van der Waals surface area contributed by atoms with Crippen molar-refractivity contribution < 1.29 is 9.53 Å². The van der Waals surface area contributed by atoms with Crippen LogP contribution in [0.15, 0.2) is 48.5 Å². The number of hydrogen-bond donors (Lipinski definition) is 2. The first-order valence-corrected chi connectivity index (χ1v) is 7.52. The fourth-order valence-electron chi connectivity index (χ4n) is 1.98. The molecule has 0 unspecified atom stereocenters. The summed E-state index contributed by atoms with van der Waals surface area (Å²) < 4.78 is 5.54. The van der Waals surface area contributed by atoms with E-state index in [4.69, 9.17) is 16.3 Å². The molecule has 2 aromatic rings. The topological polar surface area (TPSA) is 50.4 Å². The molecule has 4 nitrogen and oxygen atoms in total. The average Bonchev–Trinajstić information content (AvgIpc) is 2.49. The van der Waals surface area contributed by atoms with E-state index in [0.717, 1.165) is 11.4 Å². The second kappa shape index (κ2) is 7.71. The Morgan fingerprint density at radius 3 is 2.73 bits per heavy atom. The molecule has 5 heteroatoms. The van der Waals surface area contributed by atoms with Crippen LogP contribution in [0, 0.1) is 0 Å². The zero-order chi connectivity index (χ0) is 15.9. The minimum Gasteiger partial charge on any atom is -0.492 e. The Kier molecular flexibility index (Phi) is 5.67. The Morgan fingerprint density at radius 2 is 2.00 bits per heavy atom. The van der Waals surface area contributed by atoms with Crippen LogP contribution < -0.4 is 15.4 Å². The van der Waals surface area contributed by atoms with Gasteiger partial charge in [-0.2, -0.15) is 0 Å². The second-order valence-corrected chi connectivity index (χ2v) is 5.23. The van der Waals surface area contributed by atoms with Crippen molar-refractivity contribution >= 4 is 28.9 Å². The summed E-state index contributed by atoms with van der Waals surface area (Å²) in [4.78, 5) is 12.2. The summed E-state index contributed by atoms with van der Waals surface area (Å²) in [5.74, 6) is 0.584. The summed E-state index contributed by atoms with van der Waals surface area (Å²) in [6.45, 7) is 4.29. The van der Waals surface area contributed by atoms with Crippen molar-refractivity contribution in [2.75, 3.05) is 17.2 Å². The number of halogens is 1. The molecule has 1 amide bonds. The zero-order valence-electron chi connectivity index (χ0n) is 12.6. The van der Waals surface area contributed by atoms with Crippen molar-refractivity contribution in [3.8, 4) is 5.75 Å².